The highest BCUT2D eigenvalue weighted by atomic mass is 16.5. The van der Waals surface area contributed by atoms with Crippen LogP contribution in [0.4, 0.5) is 0 Å². The molecule has 0 aromatic heterocycles. The molecule has 2 aromatic rings. The average Bonchev–Trinajstić information content (AvgIpc) is 2.87. The van der Waals surface area contributed by atoms with Crippen molar-refractivity contribution in [2.45, 2.75) is 110 Å². The Labute approximate surface area is 212 Å². The van der Waals surface area contributed by atoms with E-state index in [1.54, 1.807) is 0 Å². The first-order chi connectivity index (χ1) is 17.0. The first kappa shape index (κ1) is 27.0. The van der Waals surface area contributed by atoms with Crippen molar-refractivity contribution in [1.82, 2.24) is 0 Å². The second-order valence-corrected chi connectivity index (χ2v) is 10.8. The van der Waals surface area contributed by atoms with Crippen molar-refractivity contribution in [2.24, 2.45) is 5.92 Å². The van der Waals surface area contributed by atoms with Gasteiger partial charge in [-0.3, -0.25) is 4.79 Å². The molecule has 3 nitrogen and oxygen atoms in total. The molecule has 2 aromatic carbocycles. The summed E-state index contributed by atoms with van der Waals surface area (Å²) in [5, 5.41) is 9.78. The minimum absolute atomic E-state index is 0.214. The van der Waals surface area contributed by atoms with E-state index in [0.29, 0.717) is 17.2 Å². The Kier molecular flexibility index (Phi) is 10.4. The molecular formula is C32H43NO2. The molecule has 35 heavy (non-hydrogen) atoms. The molecule has 0 unspecified atom stereocenters. The third kappa shape index (κ3) is 7.44. The lowest BCUT2D eigenvalue weighted by Crippen LogP contribution is -2.41. The normalized spacial score (nSPS) is 15.1. The van der Waals surface area contributed by atoms with Crippen LogP contribution in [0.25, 0.3) is 0 Å². The number of aryl methyl sites for hydroxylation is 1. The minimum Gasteiger partial charge on any atom is -0.424 e. The monoisotopic (exact) mass is 473 g/mol. The second kappa shape index (κ2) is 13.5. The van der Waals surface area contributed by atoms with E-state index in [9.17, 15) is 10.1 Å². The van der Waals surface area contributed by atoms with Gasteiger partial charge >= 0.3 is 5.97 Å². The Balaban J connectivity index is 1.72. The number of nitriles is 1. The average molecular weight is 474 g/mol. The molecule has 0 bridgehead atoms. The Morgan fingerprint density at radius 1 is 0.943 bits per heavy atom. The molecule has 1 aliphatic carbocycles. The topological polar surface area (TPSA) is 50.1 Å². The van der Waals surface area contributed by atoms with Gasteiger partial charge in [0.1, 0.15) is 11.8 Å². The van der Waals surface area contributed by atoms with Gasteiger partial charge in [-0.2, -0.15) is 5.26 Å². The first-order valence-corrected chi connectivity index (χ1v) is 13.8. The Morgan fingerprint density at radius 2 is 1.60 bits per heavy atom. The lowest BCUT2D eigenvalue weighted by molar-refractivity contribution is -0.142. The zero-order valence-corrected chi connectivity index (χ0v) is 22.1. The molecule has 0 aliphatic heterocycles. The molecule has 3 heteroatoms. The third-order valence-electron chi connectivity index (χ3n) is 7.43. The molecule has 0 atom stereocenters. The van der Waals surface area contributed by atoms with Gasteiger partial charge in [-0.15, -0.1) is 0 Å². The highest BCUT2D eigenvalue weighted by molar-refractivity contribution is 5.85. The highest BCUT2D eigenvalue weighted by Crippen LogP contribution is 2.41. The maximum Gasteiger partial charge on any atom is 0.321 e. The number of hydrogen-bond donors (Lipinski definition) is 0. The SMILES string of the molecule is CCCCCCCCc1ccc(OC(=O)C2(c3ccc(CC(C)C)cc3)CCCCC2)c(C#N)c1. The number of benzene rings is 2. The predicted octanol–water partition coefficient (Wildman–Crippen LogP) is 8.47. The lowest BCUT2D eigenvalue weighted by atomic mass is 9.69. The first-order valence-electron chi connectivity index (χ1n) is 13.8. The van der Waals surface area contributed by atoms with Crippen LogP contribution in [0.5, 0.6) is 5.75 Å². The second-order valence-electron chi connectivity index (χ2n) is 10.8. The smallest absolute Gasteiger partial charge is 0.321 e. The van der Waals surface area contributed by atoms with Crippen LogP contribution in [0, 0.1) is 17.2 Å². The number of hydrogen-bond acceptors (Lipinski definition) is 3. The summed E-state index contributed by atoms with van der Waals surface area (Å²) in [6.07, 6.45) is 14.3. The van der Waals surface area contributed by atoms with Gasteiger partial charge in [0.25, 0.3) is 0 Å². The molecule has 0 spiro atoms. The van der Waals surface area contributed by atoms with E-state index in [4.69, 9.17) is 4.74 Å². The zero-order chi connectivity index (χ0) is 25.1. The maximum absolute atomic E-state index is 13.7. The van der Waals surface area contributed by atoms with Crippen molar-refractivity contribution >= 4 is 5.97 Å². The fraction of sp³-hybridized carbons (Fsp3) is 0.562. The van der Waals surface area contributed by atoms with E-state index in [2.05, 4.69) is 51.1 Å². The van der Waals surface area contributed by atoms with E-state index in [0.717, 1.165) is 62.5 Å². The molecule has 0 heterocycles. The number of nitrogens with zero attached hydrogens (tertiary/aromatic N) is 1. The van der Waals surface area contributed by atoms with Crippen LogP contribution in [-0.2, 0) is 23.1 Å². The summed E-state index contributed by atoms with van der Waals surface area (Å²) >= 11 is 0. The molecule has 0 N–H and O–H groups in total. The van der Waals surface area contributed by atoms with Crippen molar-refractivity contribution in [3.63, 3.8) is 0 Å². The summed E-state index contributed by atoms with van der Waals surface area (Å²) in [4.78, 5) is 13.7. The van der Waals surface area contributed by atoms with Crippen LogP contribution in [0.1, 0.15) is 114 Å². The van der Waals surface area contributed by atoms with E-state index in [1.165, 1.54) is 37.7 Å². The van der Waals surface area contributed by atoms with Crippen molar-refractivity contribution in [3.05, 3.63) is 64.7 Å². The molecule has 3 rings (SSSR count). The fourth-order valence-electron chi connectivity index (χ4n) is 5.41. The summed E-state index contributed by atoms with van der Waals surface area (Å²) in [6.45, 7) is 6.68. The van der Waals surface area contributed by atoms with Crippen LogP contribution in [0.3, 0.4) is 0 Å². The van der Waals surface area contributed by atoms with Gasteiger partial charge in [0.15, 0.2) is 0 Å². The van der Waals surface area contributed by atoms with Crippen LogP contribution >= 0.6 is 0 Å². The lowest BCUT2D eigenvalue weighted by Gasteiger charge is -2.35. The number of esters is 1. The molecular weight excluding hydrogens is 430 g/mol. The van der Waals surface area contributed by atoms with Gasteiger partial charge in [-0.25, -0.2) is 0 Å². The van der Waals surface area contributed by atoms with E-state index in [1.807, 2.05) is 18.2 Å². The predicted molar refractivity (Wildman–Crippen MR) is 144 cm³/mol. The van der Waals surface area contributed by atoms with E-state index in [-0.39, 0.29) is 5.97 Å². The minimum atomic E-state index is -0.626. The standard InChI is InChI=1S/C32H43NO2/c1-4-5-6-7-8-10-13-26-16-19-30(28(23-26)24-33)35-31(34)32(20-11-9-12-21-32)29-17-14-27(15-18-29)22-25(2)3/h14-19,23,25H,4-13,20-22H2,1-3H3. The molecule has 188 valence electrons. The summed E-state index contributed by atoms with van der Waals surface area (Å²) < 4.78 is 5.99. The van der Waals surface area contributed by atoms with E-state index >= 15 is 0 Å². The molecule has 1 aliphatic rings. The van der Waals surface area contributed by atoms with Gasteiger partial charge in [0.2, 0.25) is 0 Å². The van der Waals surface area contributed by atoms with Gasteiger partial charge in [0, 0.05) is 0 Å². The van der Waals surface area contributed by atoms with Gasteiger partial charge in [-0.1, -0.05) is 102 Å². The zero-order valence-electron chi connectivity index (χ0n) is 22.1. The summed E-state index contributed by atoms with van der Waals surface area (Å²) in [5.74, 6) is 0.780. The largest absolute Gasteiger partial charge is 0.424 e. The van der Waals surface area contributed by atoms with Gasteiger partial charge < -0.3 is 4.74 Å². The number of carbonyl (C=O) groups is 1. The van der Waals surface area contributed by atoms with Crippen LogP contribution in [-0.4, -0.2) is 5.97 Å². The van der Waals surface area contributed by atoms with Crippen LogP contribution in [0.15, 0.2) is 42.5 Å². The maximum atomic E-state index is 13.7. The van der Waals surface area contributed by atoms with Gasteiger partial charge in [-0.05, 0) is 66.8 Å². The molecule has 0 saturated heterocycles. The Morgan fingerprint density at radius 3 is 2.26 bits per heavy atom. The van der Waals surface area contributed by atoms with E-state index < -0.39 is 5.41 Å². The summed E-state index contributed by atoms with van der Waals surface area (Å²) in [6, 6.07) is 16.6. The van der Waals surface area contributed by atoms with Crippen LogP contribution < -0.4 is 4.74 Å². The van der Waals surface area contributed by atoms with Crippen molar-refractivity contribution in [3.8, 4) is 11.8 Å². The number of unbranched alkanes of at least 4 members (excludes halogenated alkanes) is 5. The Hall–Kier alpha value is -2.60. The van der Waals surface area contributed by atoms with Crippen molar-refractivity contribution in [1.29, 1.82) is 5.26 Å². The Bertz CT molecular complexity index is 978. The molecule has 1 fully saturated rings. The van der Waals surface area contributed by atoms with Crippen molar-refractivity contribution in [2.75, 3.05) is 0 Å². The summed E-state index contributed by atoms with van der Waals surface area (Å²) in [5.41, 5.74) is 3.33. The van der Waals surface area contributed by atoms with Crippen LogP contribution in [0.2, 0.25) is 0 Å². The number of carbonyl (C=O) groups excluding carboxylic acids is 1. The third-order valence-corrected chi connectivity index (χ3v) is 7.43. The molecule has 0 amide bonds. The molecule has 0 radical (unpaired) electrons. The highest BCUT2D eigenvalue weighted by Gasteiger charge is 2.43. The van der Waals surface area contributed by atoms with Crippen molar-refractivity contribution < 1.29 is 9.53 Å². The number of rotatable bonds is 12. The number of ether oxygens (including phenoxy) is 1. The summed E-state index contributed by atoms with van der Waals surface area (Å²) in [7, 11) is 0. The quantitative estimate of drug-likeness (QED) is 0.176. The fourth-order valence-corrected chi connectivity index (χ4v) is 5.41. The van der Waals surface area contributed by atoms with Gasteiger partial charge in [0.05, 0.1) is 11.0 Å². The molecule has 1 saturated carbocycles.